The van der Waals surface area contributed by atoms with E-state index in [4.69, 9.17) is 11.6 Å². The van der Waals surface area contributed by atoms with Crippen molar-refractivity contribution < 1.29 is 12.8 Å². The minimum Gasteiger partial charge on any atom is -0.319 e. The first kappa shape index (κ1) is 15.7. The van der Waals surface area contributed by atoms with Crippen LogP contribution in [0.15, 0.2) is 23.1 Å². The zero-order valence-electron chi connectivity index (χ0n) is 11.3. The van der Waals surface area contributed by atoms with Crippen molar-refractivity contribution >= 4 is 21.6 Å². The third-order valence-electron chi connectivity index (χ3n) is 3.51. The number of hydrogen-bond acceptors (Lipinski definition) is 3. The number of nitrogens with one attached hydrogen (secondary N) is 1. The summed E-state index contributed by atoms with van der Waals surface area (Å²) in [6.07, 6.45) is 1.76. The van der Waals surface area contributed by atoms with Crippen LogP contribution < -0.4 is 5.32 Å². The fourth-order valence-corrected chi connectivity index (χ4v) is 4.40. The number of benzene rings is 1. The molecular weight excluding hydrogens is 303 g/mol. The molecule has 1 heterocycles. The molecule has 1 aromatic carbocycles. The normalized spacial score (nSPS) is 21.1. The van der Waals surface area contributed by atoms with Gasteiger partial charge in [-0.25, -0.2) is 12.8 Å². The molecule has 1 saturated heterocycles. The molecule has 0 aliphatic carbocycles. The van der Waals surface area contributed by atoms with Gasteiger partial charge in [-0.05, 0) is 44.5 Å². The average Bonchev–Trinajstić information content (AvgIpc) is 2.42. The Hall–Kier alpha value is -0.690. The minimum absolute atomic E-state index is 0.171. The van der Waals surface area contributed by atoms with E-state index in [9.17, 15) is 12.8 Å². The number of piperidine rings is 1. The third kappa shape index (κ3) is 3.14. The van der Waals surface area contributed by atoms with Crippen molar-refractivity contribution in [3.63, 3.8) is 0 Å². The van der Waals surface area contributed by atoms with Gasteiger partial charge in [0.1, 0.15) is 4.90 Å². The van der Waals surface area contributed by atoms with Gasteiger partial charge in [0.2, 0.25) is 10.0 Å². The lowest BCUT2D eigenvalue weighted by Gasteiger charge is -2.31. The molecule has 4 nitrogen and oxygen atoms in total. The van der Waals surface area contributed by atoms with E-state index in [1.807, 2.05) is 7.05 Å². The SMILES string of the molecule is CNC[C@H]1CCCN(S(=O)(=O)c2cccc(Cl)c2F)C1. The summed E-state index contributed by atoms with van der Waals surface area (Å²) in [7, 11) is -1.98. The molecule has 0 saturated carbocycles. The summed E-state index contributed by atoms with van der Waals surface area (Å²) in [6, 6.07) is 4.06. The van der Waals surface area contributed by atoms with Crippen molar-refractivity contribution in [2.75, 3.05) is 26.7 Å². The lowest BCUT2D eigenvalue weighted by atomic mass is 10.00. The fourth-order valence-electron chi connectivity index (χ4n) is 2.52. The van der Waals surface area contributed by atoms with Gasteiger partial charge in [-0.2, -0.15) is 4.31 Å². The summed E-state index contributed by atoms with van der Waals surface area (Å²) in [5.74, 6) is -0.615. The standard InChI is InChI=1S/C13H18ClFN2O2S/c1-16-8-10-4-3-7-17(9-10)20(18,19)12-6-2-5-11(14)13(12)15/h2,5-6,10,16H,3-4,7-9H2,1H3/t10-/m1/s1. The van der Waals surface area contributed by atoms with Crippen LogP contribution in [0.2, 0.25) is 5.02 Å². The van der Waals surface area contributed by atoms with Gasteiger partial charge < -0.3 is 5.32 Å². The maximum absolute atomic E-state index is 13.9. The van der Waals surface area contributed by atoms with Crippen LogP contribution in [-0.4, -0.2) is 39.4 Å². The van der Waals surface area contributed by atoms with Gasteiger partial charge >= 0.3 is 0 Å². The van der Waals surface area contributed by atoms with Crippen LogP contribution in [0.5, 0.6) is 0 Å². The molecule has 20 heavy (non-hydrogen) atoms. The molecule has 2 rings (SSSR count). The summed E-state index contributed by atoms with van der Waals surface area (Å²) >= 11 is 5.67. The van der Waals surface area contributed by atoms with Crippen LogP contribution in [0, 0.1) is 11.7 Å². The van der Waals surface area contributed by atoms with Gasteiger partial charge in [-0.15, -0.1) is 0 Å². The zero-order valence-corrected chi connectivity index (χ0v) is 12.8. The second-order valence-corrected chi connectivity index (χ2v) is 7.29. The predicted octanol–water partition coefficient (Wildman–Crippen LogP) is 2.10. The Morgan fingerprint density at radius 2 is 2.25 bits per heavy atom. The van der Waals surface area contributed by atoms with Gasteiger partial charge in [0.25, 0.3) is 0 Å². The first-order valence-electron chi connectivity index (χ1n) is 6.55. The topological polar surface area (TPSA) is 49.4 Å². The summed E-state index contributed by atoms with van der Waals surface area (Å²) < 4.78 is 40.3. The number of nitrogens with zero attached hydrogens (tertiary/aromatic N) is 1. The van der Waals surface area contributed by atoms with Crippen molar-refractivity contribution in [3.05, 3.63) is 29.0 Å². The Kier molecular flexibility index (Phi) is 5.01. The first-order valence-corrected chi connectivity index (χ1v) is 8.37. The van der Waals surface area contributed by atoms with Crippen molar-refractivity contribution in [2.24, 2.45) is 5.92 Å². The highest BCUT2D eigenvalue weighted by molar-refractivity contribution is 7.89. The number of halogens is 2. The highest BCUT2D eigenvalue weighted by atomic mass is 35.5. The predicted molar refractivity (Wildman–Crippen MR) is 76.8 cm³/mol. The molecule has 0 spiro atoms. The van der Waals surface area contributed by atoms with Gasteiger partial charge in [0, 0.05) is 13.1 Å². The van der Waals surface area contributed by atoms with Crippen LogP contribution in [0.4, 0.5) is 4.39 Å². The molecule has 0 aromatic heterocycles. The van der Waals surface area contributed by atoms with Gasteiger partial charge in [0.15, 0.2) is 5.82 Å². The smallest absolute Gasteiger partial charge is 0.246 e. The van der Waals surface area contributed by atoms with Crippen molar-refractivity contribution in [1.82, 2.24) is 9.62 Å². The maximum Gasteiger partial charge on any atom is 0.246 e. The lowest BCUT2D eigenvalue weighted by molar-refractivity contribution is 0.263. The first-order chi connectivity index (χ1) is 9.46. The van der Waals surface area contributed by atoms with Crippen molar-refractivity contribution in [2.45, 2.75) is 17.7 Å². The van der Waals surface area contributed by atoms with E-state index >= 15 is 0 Å². The average molecular weight is 321 g/mol. The molecule has 0 radical (unpaired) electrons. The van der Waals surface area contributed by atoms with E-state index < -0.39 is 15.8 Å². The molecule has 1 aliphatic heterocycles. The van der Waals surface area contributed by atoms with Crippen LogP contribution in [-0.2, 0) is 10.0 Å². The lowest BCUT2D eigenvalue weighted by Crippen LogP contribution is -2.42. The van der Waals surface area contributed by atoms with E-state index in [0.717, 1.165) is 19.4 Å². The highest BCUT2D eigenvalue weighted by Gasteiger charge is 2.32. The van der Waals surface area contributed by atoms with Gasteiger partial charge in [-0.1, -0.05) is 17.7 Å². The van der Waals surface area contributed by atoms with Crippen LogP contribution >= 0.6 is 11.6 Å². The van der Waals surface area contributed by atoms with Gasteiger partial charge in [-0.3, -0.25) is 0 Å². The molecule has 112 valence electrons. The number of sulfonamides is 1. The number of rotatable bonds is 4. The Balaban J connectivity index is 2.28. The summed E-state index contributed by atoms with van der Waals surface area (Å²) in [6.45, 7) is 1.59. The van der Waals surface area contributed by atoms with E-state index in [-0.39, 0.29) is 15.8 Å². The molecule has 1 fully saturated rings. The Bertz CT molecular complexity index is 578. The highest BCUT2D eigenvalue weighted by Crippen LogP contribution is 2.27. The fraction of sp³-hybridized carbons (Fsp3) is 0.538. The molecule has 0 amide bonds. The second kappa shape index (κ2) is 6.39. The zero-order chi connectivity index (χ0) is 14.8. The third-order valence-corrected chi connectivity index (χ3v) is 5.68. The van der Waals surface area contributed by atoms with Gasteiger partial charge in [0.05, 0.1) is 5.02 Å². The van der Waals surface area contributed by atoms with Crippen LogP contribution in [0.1, 0.15) is 12.8 Å². The van der Waals surface area contributed by atoms with Crippen molar-refractivity contribution in [3.8, 4) is 0 Å². The Labute approximate surface area is 124 Å². The maximum atomic E-state index is 13.9. The molecular formula is C13H18ClFN2O2S. The Morgan fingerprint density at radius 1 is 1.50 bits per heavy atom. The monoisotopic (exact) mass is 320 g/mol. The van der Waals surface area contributed by atoms with E-state index in [1.54, 1.807) is 0 Å². The molecule has 1 N–H and O–H groups in total. The molecule has 1 aliphatic rings. The second-order valence-electron chi connectivity index (χ2n) is 4.98. The van der Waals surface area contributed by atoms with E-state index in [0.29, 0.717) is 13.1 Å². The Morgan fingerprint density at radius 3 is 2.95 bits per heavy atom. The van der Waals surface area contributed by atoms with E-state index in [2.05, 4.69) is 5.32 Å². The molecule has 0 bridgehead atoms. The minimum atomic E-state index is -3.82. The van der Waals surface area contributed by atoms with Crippen LogP contribution in [0.25, 0.3) is 0 Å². The number of hydrogen-bond donors (Lipinski definition) is 1. The quantitative estimate of drug-likeness (QED) is 0.924. The summed E-state index contributed by atoms with van der Waals surface area (Å²) in [4.78, 5) is -0.338. The summed E-state index contributed by atoms with van der Waals surface area (Å²) in [5, 5.41) is 2.88. The summed E-state index contributed by atoms with van der Waals surface area (Å²) in [5.41, 5.74) is 0. The van der Waals surface area contributed by atoms with Crippen molar-refractivity contribution in [1.29, 1.82) is 0 Å². The largest absolute Gasteiger partial charge is 0.319 e. The molecule has 0 unspecified atom stereocenters. The van der Waals surface area contributed by atoms with Crippen LogP contribution in [0.3, 0.4) is 0 Å². The molecule has 1 aromatic rings. The molecule has 1 atom stereocenters. The molecule has 7 heteroatoms. The van der Waals surface area contributed by atoms with E-state index in [1.165, 1.54) is 22.5 Å².